The fourth-order valence-corrected chi connectivity index (χ4v) is 12.6. The summed E-state index contributed by atoms with van der Waals surface area (Å²) in [5.74, 6) is 0.695. The van der Waals surface area contributed by atoms with Crippen LogP contribution in [-0.2, 0) is 10.8 Å². The van der Waals surface area contributed by atoms with Gasteiger partial charge in [0.25, 0.3) is 0 Å². The molecule has 0 N–H and O–H groups in total. The molecule has 1 heterocycles. The van der Waals surface area contributed by atoms with Gasteiger partial charge in [-0.2, -0.15) is 0 Å². The zero-order valence-corrected chi connectivity index (χ0v) is 40.1. The molecule has 0 radical (unpaired) electrons. The first-order chi connectivity index (χ1) is 35.5. The molecule has 2 nitrogen and oxygen atoms in total. The highest BCUT2D eigenvalue weighted by molar-refractivity contribution is 6.05. The van der Waals surface area contributed by atoms with E-state index in [1.54, 1.807) is 0 Å². The van der Waals surface area contributed by atoms with Gasteiger partial charge in [0.15, 0.2) is 5.82 Å². The Labute approximate surface area is 420 Å². The third-order valence-electron chi connectivity index (χ3n) is 15.8. The van der Waals surface area contributed by atoms with E-state index in [9.17, 15) is 0 Å². The van der Waals surface area contributed by atoms with E-state index in [1.165, 1.54) is 94.0 Å². The zero-order chi connectivity index (χ0) is 48.0. The number of rotatable bonds is 7. The molecule has 1 aromatic heterocycles. The van der Waals surface area contributed by atoms with Crippen molar-refractivity contribution < 1.29 is 0 Å². The van der Waals surface area contributed by atoms with E-state index in [1.807, 2.05) is 6.07 Å². The van der Waals surface area contributed by atoms with Crippen molar-refractivity contribution in [3.63, 3.8) is 0 Å². The predicted molar refractivity (Wildman–Crippen MR) is 299 cm³/mol. The highest BCUT2D eigenvalue weighted by Crippen LogP contribution is 2.58. The minimum atomic E-state index is -0.521. The molecule has 0 saturated carbocycles. The summed E-state index contributed by atoms with van der Waals surface area (Å²) >= 11 is 0. The van der Waals surface area contributed by atoms with E-state index in [-0.39, 0.29) is 5.41 Å². The summed E-state index contributed by atoms with van der Waals surface area (Å²) in [5.41, 5.74) is 22.0. The molecule has 0 spiro atoms. The SMILES string of the molecule is CC1(C)c2ccc(-c3ccc(-c4ccc(-c5cc(-c6cccc7c6-c6ccccc6C7(c6ccccc6)c6ccccc6)nc(-c6ccccc6)n5)c5ccccc45)cc3)cc2-c2ccc3ccccc3c21. The lowest BCUT2D eigenvalue weighted by molar-refractivity contribution is 0.666. The van der Waals surface area contributed by atoms with Crippen LogP contribution in [0.15, 0.2) is 255 Å². The van der Waals surface area contributed by atoms with Crippen molar-refractivity contribution in [1.29, 1.82) is 0 Å². The summed E-state index contributed by atoms with van der Waals surface area (Å²) in [6.07, 6.45) is 0. The fraction of sp³-hybridized carbons (Fsp3) is 0.0571. The van der Waals surface area contributed by atoms with Crippen LogP contribution in [0.4, 0.5) is 0 Å². The average Bonchev–Trinajstić information content (AvgIpc) is 3.89. The third-order valence-corrected chi connectivity index (χ3v) is 15.8. The molecule has 0 atom stereocenters. The molecule has 0 unspecified atom stereocenters. The Balaban J connectivity index is 0.890. The van der Waals surface area contributed by atoms with Gasteiger partial charge in [-0.05, 0) is 112 Å². The Hall–Kier alpha value is -8.98. The van der Waals surface area contributed by atoms with Crippen LogP contribution in [0.3, 0.4) is 0 Å². The van der Waals surface area contributed by atoms with Gasteiger partial charge < -0.3 is 0 Å². The van der Waals surface area contributed by atoms with Gasteiger partial charge in [-0.15, -0.1) is 0 Å². The lowest BCUT2D eigenvalue weighted by atomic mass is 9.67. The molecule has 11 aromatic carbocycles. The molecule has 0 bridgehead atoms. The Morgan fingerprint density at radius 3 is 1.58 bits per heavy atom. The number of nitrogens with zero attached hydrogens (tertiary/aromatic N) is 2. The van der Waals surface area contributed by atoms with Gasteiger partial charge in [0, 0.05) is 22.1 Å². The Morgan fingerprint density at radius 2 is 0.847 bits per heavy atom. The minimum Gasteiger partial charge on any atom is -0.228 e. The largest absolute Gasteiger partial charge is 0.228 e. The maximum Gasteiger partial charge on any atom is 0.160 e. The summed E-state index contributed by atoms with van der Waals surface area (Å²) in [5, 5.41) is 4.96. The van der Waals surface area contributed by atoms with Gasteiger partial charge in [-0.25, -0.2) is 9.97 Å². The maximum absolute atomic E-state index is 5.46. The molecule has 0 amide bonds. The van der Waals surface area contributed by atoms with Crippen molar-refractivity contribution in [3.8, 4) is 78.4 Å². The first kappa shape index (κ1) is 41.9. The van der Waals surface area contributed by atoms with E-state index >= 15 is 0 Å². The molecule has 2 aliphatic carbocycles. The molecule has 12 aromatic rings. The molecular weight excluding hydrogens is 869 g/mol. The lowest BCUT2D eigenvalue weighted by Gasteiger charge is -2.33. The Morgan fingerprint density at radius 1 is 0.306 bits per heavy atom. The number of benzene rings is 11. The number of fused-ring (bicyclic) bond motifs is 9. The van der Waals surface area contributed by atoms with E-state index in [2.05, 4.69) is 263 Å². The average molecular weight is 917 g/mol. The van der Waals surface area contributed by atoms with E-state index in [0.29, 0.717) is 5.82 Å². The minimum absolute atomic E-state index is 0.0798. The van der Waals surface area contributed by atoms with Gasteiger partial charge in [0.2, 0.25) is 0 Å². The van der Waals surface area contributed by atoms with E-state index in [4.69, 9.17) is 9.97 Å². The standard InChI is InChI=1S/C70H48N2/c1-69(2)61-42-38-49(43-60(61)57-39-37-46-19-12-13-26-53(46)67(57)69)45-33-35-47(36-34-45)52-40-41-56(55-28-15-14-27-54(52)55)64-44-65(72-68(71-64)48-20-6-3-7-21-48)59-30-18-32-63-66(59)58-29-16-17-31-62(58)70(63,50-22-8-4-9-23-50)51-24-10-5-11-25-51/h3-44H,1-2H3. The number of hydrogen-bond donors (Lipinski definition) is 0. The second-order valence-corrected chi connectivity index (χ2v) is 20.0. The highest BCUT2D eigenvalue weighted by Gasteiger charge is 2.47. The monoisotopic (exact) mass is 916 g/mol. The van der Waals surface area contributed by atoms with Crippen molar-refractivity contribution >= 4 is 21.5 Å². The summed E-state index contributed by atoms with van der Waals surface area (Å²) in [6.45, 7) is 4.74. The predicted octanol–water partition coefficient (Wildman–Crippen LogP) is 17.8. The van der Waals surface area contributed by atoms with Crippen LogP contribution < -0.4 is 0 Å². The fourth-order valence-electron chi connectivity index (χ4n) is 12.6. The summed E-state index contributed by atoms with van der Waals surface area (Å²) in [4.78, 5) is 10.9. The van der Waals surface area contributed by atoms with Crippen LogP contribution in [0.2, 0.25) is 0 Å². The molecule has 14 rings (SSSR count). The summed E-state index contributed by atoms with van der Waals surface area (Å²) < 4.78 is 0. The van der Waals surface area contributed by atoms with Crippen LogP contribution in [0.5, 0.6) is 0 Å². The smallest absolute Gasteiger partial charge is 0.160 e. The van der Waals surface area contributed by atoms with Crippen molar-refractivity contribution in [3.05, 3.63) is 288 Å². The molecule has 338 valence electrons. The van der Waals surface area contributed by atoms with Crippen molar-refractivity contribution in [2.24, 2.45) is 0 Å². The molecular formula is C70H48N2. The van der Waals surface area contributed by atoms with Crippen molar-refractivity contribution in [1.82, 2.24) is 9.97 Å². The van der Waals surface area contributed by atoms with E-state index in [0.717, 1.165) is 33.5 Å². The first-order valence-corrected chi connectivity index (χ1v) is 25.1. The van der Waals surface area contributed by atoms with E-state index < -0.39 is 5.41 Å². The van der Waals surface area contributed by atoms with Crippen LogP contribution in [-0.4, -0.2) is 9.97 Å². The molecule has 0 aliphatic heterocycles. The maximum atomic E-state index is 5.46. The van der Waals surface area contributed by atoms with Gasteiger partial charge in [0.1, 0.15) is 0 Å². The molecule has 0 saturated heterocycles. The topological polar surface area (TPSA) is 25.8 Å². The Bertz CT molecular complexity index is 4060. The molecule has 72 heavy (non-hydrogen) atoms. The normalized spacial score (nSPS) is 13.6. The van der Waals surface area contributed by atoms with Crippen molar-refractivity contribution in [2.45, 2.75) is 24.7 Å². The molecule has 2 aliphatic rings. The van der Waals surface area contributed by atoms with Crippen molar-refractivity contribution in [2.75, 3.05) is 0 Å². The van der Waals surface area contributed by atoms with Gasteiger partial charge in [-0.1, -0.05) is 257 Å². The number of aromatic nitrogens is 2. The van der Waals surface area contributed by atoms with Crippen LogP contribution in [0.25, 0.3) is 100.0 Å². The van der Waals surface area contributed by atoms with Gasteiger partial charge in [-0.3, -0.25) is 0 Å². The van der Waals surface area contributed by atoms with Crippen LogP contribution in [0, 0.1) is 0 Å². The van der Waals surface area contributed by atoms with Crippen LogP contribution in [0.1, 0.15) is 47.2 Å². The zero-order valence-electron chi connectivity index (χ0n) is 40.1. The quantitative estimate of drug-likeness (QED) is 0.159. The Kier molecular flexibility index (Phi) is 9.50. The second-order valence-electron chi connectivity index (χ2n) is 20.0. The third kappa shape index (κ3) is 6.28. The first-order valence-electron chi connectivity index (χ1n) is 25.1. The lowest BCUT2D eigenvalue weighted by Crippen LogP contribution is -2.28. The molecule has 0 fully saturated rings. The summed E-state index contributed by atoms with van der Waals surface area (Å²) in [7, 11) is 0. The highest BCUT2D eigenvalue weighted by atomic mass is 14.9. The van der Waals surface area contributed by atoms with Crippen LogP contribution >= 0.6 is 0 Å². The number of hydrogen-bond acceptors (Lipinski definition) is 2. The molecule has 2 heteroatoms. The second kappa shape index (κ2) is 16.3. The van der Waals surface area contributed by atoms with Gasteiger partial charge in [0.05, 0.1) is 16.8 Å². The van der Waals surface area contributed by atoms with Gasteiger partial charge >= 0.3 is 0 Å². The summed E-state index contributed by atoms with van der Waals surface area (Å²) in [6, 6.07) is 93.2.